The van der Waals surface area contributed by atoms with Gasteiger partial charge < -0.3 is 9.52 Å². The first-order valence-electron chi connectivity index (χ1n) is 4.95. The molecule has 0 atom stereocenters. The summed E-state index contributed by atoms with van der Waals surface area (Å²) in [5.41, 5.74) is 0.471. The Kier molecular flexibility index (Phi) is 3.13. The lowest BCUT2D eigenvalue weighted by Gasteiger charge is -1.94. The Morgan fingerprint density at radius 3 is 2.94 bits per heavy atom. The third-order valence-electron chi connectivity index (χ3n) is 2.09. The topological polar surface area (TPSA) is 76.2 Å². The number of carboxylic acids is 1. The van der Waals surface area contributed by atoms with Crippen molar-refractivity contribution >= 4 is 5.97 Å². The number of aliphatic carboxylic acids is 1. The van der Waals surface area contributed by atoms with Crippen LogP contribution in [-0.2, 0) is 11.2 Å². The lowest BCUT2D eigenvalue weighted by atomic mass is 10.2. The van der Waals surface area contributed by atoms with Crippen LogP contribution in [0.25, 0.3) is 11.5 Å². The van der Waals surface area contributed by atoms with E-state index in [0.717, 1.165) is 0 Å². The van der Waals surface area contributed by atoms with Crippen molar-refractivity contribution in [2.75, 3.05) is 0 Å². The second-order valence-electron chi connectivity index (χ2n) is 3.41. The standard InChI is InChI=1S/C11H9FN2O3/c12-8-3-1-2-7(6-8)11-14-13-9(17-11)4-5-10(15)16/h1-3,6H,4-5H2,(H,15,16). The molecule has 1 aromatic heterocycles. The molecule has 0 saturated heterocycles. The minimum atomic E-state index is -0.935. The number of aryl methyl sites for hydroxylation is 1. The minimum Gasteiger partial charge on any atom is -0.481 e. The van der Waals surface area contributed by atoms with Crippen LogP contribution >= 0.6 is 0 Å². The Bertz CT molecular complexity index is 539. The van der Waals surface area contributed by atoms with Crippen molar-refractivity contribution in [3.63, 3.8) is 0 Å². The van der Waals surface area contributed by atoms with Gasteiger partial charge in [-0.05, 0) is 18.2 Å². The third kappa shape index (κ3) is 2.87. The Hall–Kier alpha value is -2.24. The predicted octanol–water partition coefficient (Wildman–Crippen LogP) is 1.89. The number of rotatable bonds is 4. The second-order valence-corrected chi connectivity index (χ2v) is 3.41. The van der Waals surface area contributed by atoms with Gasteiger partial charge in [0.05, 0.1) is 6.42 Å². The number of nitrogens with zero attached hydrogens (tertiary/aromatic N) is 2. The number of hydrogen-bond acceptors (Lipinski definition) is 4. The Balaban J connectivity index is 2.15. The largest absolute Gasteiger partial charge is 0.481 e. The molecule has 0 fully saturated rings. The molecule has 1 heterocycles. The first-order chi connectivity index (χ1) is 8.15. The summed E-state index contributed by atoms with van der Waals surface area (Å²) in [4.78, 5) is 10.4. The van der Waals surface area contributed by atoms with Gasteiger partial charge in [-0.2, -0.15) is 0 Å². The summed E-state index contributed by atoms with van der Waals surface area (Å²) in [6.45, 7) is 0. The monoisotopic (exact) mass is 236 g/mol. The van der Waals surface area contributed by atoms with Gasteiger partial charge in [0.25, 0.3) is 0 Å². The zero-order valence-electron chi connectivity index (χ0n) is 8.76. The maximum atomic E-state index is 12.9. The molecule has 6 heteroatoms. The molecule has 0 spiro atoms. The van der Waals surface area contributed by atoms with Gasteiger partial charge in [0.1, 0.15) is 5.82 Å². The van der Waals surface area contributed by atoms with E-state index in [-0.39, 0.29) is 24.6 Å². The van der Waals surface area contributed by atoms with Crippen molar-refractivity contribution in [1.82, 2.24) is 10.2 Å². The molecule has 0 amide bonds. The number of aromatic nitrogens is 2. The van der Waals surface area contributed by atoms with E-state index in [1.807, 2.05) is 0 Å². The predicted molar refractivity (Wildman–Crippen MR) is 55.6 cm³/mol. The van der Waals surface area contributed by atoms with E-state index in [1.165, 1.54) is 18.2 Å². The van der Waals surface area contributed by atoms with Gasteiger partial charge in [0.15, 0.2) is 0 Å². The normalized spacial score (nSPS) is 10.4. The molecule has 0 bridgehead atoms. The van der Waals surface area contributed by atoms with E-state index in [4.69, 9.17) is 9.52 Å². The summed E-state index contributed by atoms with van der Waals surface area (Å²) in [6, 6.07) is 5.75. The molecule has 2 rings (SSSR count). The molecule has 0 saturated carbocycles. The van der Waals surface area contributed by atoms with E-state index in [1.54, 1.807) is 6.07 Å². The molecule has 88 valence electrons. The summed E-state index contributed by atoms with van der Waals surface area (Å²) in [7, 11) is 0. The summed E-state index contributed by atoms with van der Waals surface area (Å²) in [5, 5.41) is 15.9. The molecule has 2 aromatic rings. The van der Waals surface area contributed by atoms with Crippen molar-refractivity contribution in [2.24, 2.45) is 0 Å². The van der Waals surface area contributed by atoms with Crippen molar-refractivity contribution in [2.45, 2.75) is 12.8 Å². The van der Waals surface area contributed by atoms with Gasteiger partial charge in [0.2, 0.25) is 11.8 Å². The Labute approximate surface area is 95.9 Å². The Morgan fingerprint density at radius 2 is 2.24 bits per heavy atom. The van der Waals surface area contributed by atoms with Crippen LogP contribution in [0, 0.1) is 5.82 Å². The molecule has 0 radical (unpaired) electrons. The van der Waals surface area contributed by atoms with Gasteiger partial charge in [-0.1, -0.05) is 6.07 Å². The number of carboxylic acid groups (broad SMARTS) is 1. The average Bonchev–Trinajstić information content (AvgIpc) is 2.75. The average molecular weight is 236 g/mol. The lowest BCUT2D eigenvalue weighted by Crippen LogP contribution is -1.97. The third-order valence-corrected chi connectivity index (χ3v) is 2.09. The number of benzene rings is 1. The van der Waals surface area contributed by atoms with E-state index in [0.29, 0.717) is 5.56 Å². The Morgan fingerprint density at radius 1 is 1.41 bits per heavy atom. The van der Waals surface area contributed by atoms with Crippen LogP contribution in [0.5, 0.6) is 0 Å². The number of hydrogen-bond donors (Lipinski definition) is 1. The van der Waals surface area contributed by atoms with Crippen LogP contribution in [0.4, 0.5) is 4.39 Å². The zero-order chi connectivity index (χ0) is 12.3. The van der Waals surface area contributed by atoms with E-state index in [2.05, 4.69) is 10.2 Å². The molecule has 17 heavy (non-hydrogen) atoms. The van der Waals surface area contributed by atoms with Gasteiger partial charge in [-0.3, -0.25) is 4.79 Å². The van der Waals surface area contributed by atoms with E-state index in [9.17, 15) is 9.18 Å². The maximum Gasteiger partial charge on any atom is 0.303 e. The van der Waals surface area contributed by atoms with E-state index >= 15 is 0 Å². The molecular formula is C11H9FN2O3. The lowest BCUT2D eigenvalue weighted by molar-refractivity contribution is -0.137. The highest BCUT2D eigenvalue weighted by molar-refractivity contribution is 5.66. The molecule has 0 aliphatic carbocycles. The van der Waals surface area contributed by atoms with Crippen LogP contribution < -0.4 is 0 Å². The summed E-state index contributed by atoms with van der Waals surface area (Å²) in [6.07, 6.45) is 0.0857. The highest BCUT2D eigenvalue weighted by Crippen LogP contribution is 2.18. The molecule has 0 aliphatic rings. The fourth-order valence-corrected chi connectivity index (χ4v) is 1.31. The highest BCUT2D eigenvalue weighted by Gasteiger charge is 2.10. The van der Waals surface area contributed by atoms with E-state index < -0.39 is 11.8 Å². The zero-order valence-corrected chi connectivity index (χ0v) is 8.76. The quantitative estimate of drug-likeness (QED) is 0.877. The molecular weight excluding hydrogens is 227 g/mol. The van der Waals surface area contributed by atoms with Gasteiger partial charge >= 0.3 is 5.97 Å². The maximum absolute atomic E-state index is 12.9. The van der Waals surface area contributed by atoms with Gasteiger partial charge in [0, 0.05) is 12.0 Å². The summed E-state index contributed by atoms with van der Waals surface area (Å²) >= 11 is 0. The fourth-order valence-electron chi connectivity index (χ4n) is 1.31. The van der Waals surface area contributed by atoms with Crippen LogP contribution in [0.15, 0.2) is 28.7 Å². The van der Waals surface area contributed by atoms with Crippen molar-refractivity contribution < 1.29 is 18.7 Å². The summed E-state index contributed by atoms with van der Waals surface area (Å²) in [5.74, 6) is -0.917. The van der Waals surface area contributed by atoms with Crippen LogP contribution in [0.2, 0.25) is 0 Å². The number of halogens is 1. The smallest absolute Gasteiger partial charge is 0.303 e. The number of carbonyl (C=O) groups is 1. The highest BCUT2D eigenvalue weighted by atomic mass is 19.1. The van der Waals surface area contributed by atoms with Crippen molar-refractivity contribution in [3.8, 4) is 11.5 Å². The second kappa shape index (κ2) is 4.73. The summed E-state index contributed by atoms with van der Waals surface area (Å²) < 4.78 is 18.2. The van der Waals surface area contributed by atoms with Crippen LogP contribution in [0.1, 0.15) is 12.3 Å². The fraction of sp³-hybridized carbons (Fsp3) is 0.182. The van der Waals surface area contributed by atoms with Crippen molar-refractivity contribution in [3.05, 3.63) is 36.0 Å². The van der Waals surface area contributed by atoms with Gasteiger partial charge in [-0.25, -0.2) is 4.39 Å². The minimum absolute atomic E-state index is 0.0786. The van der Waals surface area contributed by atoms with Gasteiger partial charge in [-0.15, -0.1) is 10.2 Å². The van der Waals surface area contributed by atoms with Crippen LogP contribution in [-0.4, -0.2) is 21.3 Å². The first kappa shape index (κ1) is 11.3. The SMILES string of the molecule is O=C(O)CCc1nnc(-c2cccc(F)c2)o1. The first-order valence-corrected chi connectivity index (χ1v) is 4.95. The molecule has 1 N–H and O–H groups in total. The molecule has 5 nitrogen and oxygen atoms in total. The molecule has 0 aliphatic heterocycles. The molecule has 1 aromatic carbocycles. The van der Waals surface area contributed by atoms with Crippen LogP contribution in [0.3, 0.4) is 0 Å². The van der Waals surface area contributed by atoms with Crippen molar-refractivity contribution in [1.29, 1.82) is 0 Å². The molecule has 0 unspecified atom stereocenters.